The van der Waals surface area contributed by atoms with E-state index < -0.39 is 11.8 Å². The molecule has 0 aliphatic heterocycles. The lowest BCUT2D eigenvalue weighted by molar-refractivity contribution is -0.129. The number of aromatic nitrogens is 2. The van der Waals surface area contributed by atoms with E-state index in [0.717, 1.165) is 18.4 Å². The number of aryl methyl sites for hydroxylation is 1. The number of rotatable bonds is 8. The van der Waals surface area contributed by atoms with E-state index in [1.165, 1.54) is 11.3 Å². The summed E-state index contributed by atoms with van der Waals surface area (Å²) in [6, 6.07) is 7.17. The van der Waals surface area contributed by atoms with Crippen LogP contribution in [0.15, 0.2) is 46.8 Å². The average Bonchev–Trinajstić information content (AvgIpc) is 3.22. The molecule has 28 heavy (non-hydrogen) atoms. The fraction of sp³-hybridized carbons (Fsp3) is 0.263. The minimum absolute atomic E-state index is 0.0635. The zero-order chi connectivity index (χ0) is 19.9. The molecule has 0 radical (unpaired) electrons. The summed E-state index contributed by atoms with van der Waals surface area (Å²) in [5.41, 5.74) is 2.11. The van der Waals surface area contributed by atoms with Gasteiger partial charge in [0.15, 0.2) is 5.13 Å². The zero-order valence-corrected chi connectivity index (χ0v) is 15.9. The van der Waals surface area contributed by atoms with Crippen molar-refractivity contribution in [3.8, 4) is 0 Å². The number of hydrogen-bond donors (Lipinski definition) is 3. The van der Waals surface area contributed by atoms with Crippen molar-refractivity contribution in [3.05, 3.63) is 57.8 Å². The average molecular weight is 400 g/mol. The monoisotopic (exact) mass is 400 g/mol. The number of nitrogens with zero attached hydrogens (tertiary/aromatic N) is 2. The number of thiazole rings is 1. The van der Waals surface area contributed by atoms with Crippen molar-refractivity contribution in [2.45, 2.75) is 32.2 Å². The maximum Gasteiger partial charge on any atom is 0.262 e. The van der Waals surface area contributed by atoms with Crippen LogP contribution in [0.4, 0.5) is 5.13 Å². The van der Waals surface area contributed by atoms with Crippen molar-refractivity contribution in [3.63, 3.8) is 0 Å². The summed E-state index contributed by atoms with van der Waals surface area (Å²) in [4.78, 5) is 40.4. The van der Waals surface area contributed by atoms with Crippen LogP contribution in [0.2, 0.25) is 0 Å². The van der Waals surface area contributed by atoms with Crippen molar-refractivity contribution >= 4 is 39.2 Å². The Morgan fingerprint density at radius 2 is 2.00 bits per heavy atom. The smallest absolute Gasteiger partial charge is 0.262 e. The fourth-order valence-electron chi connectivity index (χ4n) is 2.94. The lowest BCUT2D eigenvalue weighted by atomic mass is 10.1. The van der Waals surface area contributed by atoms with E-state index in [1.807, 2.05) is 16.7 Å². The molecule has 8 nitrogen and oxygen atoms in total. The van der Waals surface area contributed by atoms with Crippen LogP contribution in [0, 0.1) is 0 Å². The van der Waals surface area contributed by atoms with Gasteiger partial charge in [-0.05, 0) is 25.0 Å². The van der Waals surface area contributed by atoms with Gasteiger partial charge in [0.25, 0.3) is 5.91 Å². The number of pyridine rings is 1. The van der Waals surface area contributed by atoms with Gasteiger partial charge >= 0.3 is 0 Å². The Labute approximate surface area is 164 Å². The zero-order valence-electron chi connectivity index (χ0n) is 15.1. The van der Waals surface area contributed by atoms with Gasteiger partial charge in [0.05, 0.1) is 5.52 Å². The molecule has 3 rings (SSSR count). The molecular formula is C19H20N4O4S. The Bertz CT molecular complexity index is 1030. The molecule has 3 aromatic rings. The van der Waals surface area contributed by atoms with E-state index in [-0.39, 0.29) is 17.4 Å². The molecule has 9 heteroatoms. The van der Waals surface area contributed by atoms with Crippen LogP contribution in [0.3, 0.4) is 0 Å². The molecule has 0 unspecified atom stereocenters. The Morgan fingerprint density at radius 1 is 1.18 bits per heavy atom. The summed E-state index contributed by atoms with van der Waals surface area (Å²) >= 11 is 1.28. The Kier molecular flexibility index (Phi) is 6.51. The molecular weight excluding hydrogens is 380 g/mol. The SMILES string of the molecule is O=C(CCCCCn1cc(C(=O)Nc2nccs2)c(=O)c2ccccc21)NO. The number of unbranched alkanes of at least 4 members (excludes halogenated alkanes) is 2. The third-order valence-corrected chi connectivity index (χ3v) is 5.00. The lowest BCUT2D eigenvalue weighted by Crippen LogP contribution is -2.24. The molecule has 3 N–H and O–H groups in total. The van der Waals surface area contributed by atoms with E-state index in [9.17, 15) is 14.4 Å². The number of para-hydroxylation sites is 1. The highest BCUT2D eigenvalue weighted by Crippen LogP contribution is 2.16. The molecule has 0 saturated heterocycles. The Morgan fingerprint density at radius 3 is 2.75 bits per heavy atom. The standard InChI is InChI=1S/C19H20N4O4S/c24-16(22-27)8-2-1-5-10-23-12-14(18(26)21-19-20-9-11-28-19)17(25)13-6-3-4-7-15(13)23/h3-4,6-7,9,11-12,27H,1-2,5,8,10H2,(H,22,24)(H,20,21,26). The second-order valence-corrected chi connectivity index (χ2v) is 7.11. The van der Waals surface area contributed by atoms with Crippen LogP contribution in [0.5, 0.6) is 0 Å². The van der Waals surface area contributed by atoms with Gasteiger partial charge in [0.2, 0.25) is 11.3 Å². The maximum absolute atomic E-state index is 12.8. The number of hydroxylamine groups is 1. The fourth-order valence-corrected chi connectivity index (χ4v) is 3.47. The summed E-state index contributed by atoms with van der Waals surface area (Å²) in [7, 11) is 0. The first-order valence-electron chi connectivity index (χ1n) is 8.86. The molecule has 146 valence electrons. The van der Waals surface area contributed by atoms with Gasteiger partial charge in [-0.15, -0.1) is 11.3 Å². The second-order valence-electron chi connectivity index (χ2n) is 6.22. The van der Waals surface area contributed by atoms with Crippen LogP contribution in [-0.2, 0) is 11.3 Å². The van der Waals surface area contributed by atoms with Crippen LogP contribution in [0.1, 0.15) is 36.0 Å². The van der Waals surface area contributed by atoms with Crippen molar-refractivity contribution in [2.75, 3.05) is 5.32 Å². The number of carbonyl (C=O) groups excluding carboxylic acids is 2. The molecule has 0 spiro atoms. The van der Waals surface area contributed by atoms with Crippen LogP contribution in [-0.4, -0.2) is 26.6 Å². The van der Waals surface area contributed by atoms with E-state index >= 15 is 0 Å². The molecule has 0 bridgehead atoms. The summed E-state index contributed by atoms with van der Waals surface area (Å²) in [5, 5.41) is 13.8. The first kappa shape index (κ1) is 19.7. The van der Waals surface area contributed by atoms with Gasteiger partial charge in [-0.2, -0.15) is 0 Å². The highest BCUT2D eigenvalue weighted by molar-refractivity contribution is 7.13. The van der Waals surface area contributed by atoms with Gasteiger partial charge < -0.3 is 4.57 Å². The molecule has 2 aromatic heterocycles. The minimum Gasteiger partial charge on any atom is -0.346 e. The van der Waals surface area contributed by atoms with Gasteiger partial charge in [-0.25, -0.2) is 10.5 Å². The van der Waals surface area contributed by atoms with E-state index in [1.54, 1.807) is 35.4 Å². The maximum atomic E-state index is 12.8. The Hall–Kier alpha value is -3.04. The highest BCUT2D eigenvalue weighted by Gasteiger charge is 2.16. The first-order chi connectivity index (χ1) is 13.6. The topological polar surface area (TPSA) is 113 Å². The van der Waals surface area contributed by atoms with Crippen LogP contribution < -0.4 is 16.2 Å². The van der Waals surface area contributed by atoms with Crippen molar-refractivity contribution in [1.82, 2.24) is 15.0 Å². The van der Waals surface area contributed by atoms with Crippen molar-refractivity contribution in [1.29, 1.82) is 0 Å². The van der Waals surface area contributed by atoms with Gasteiger partial charge in [-0.1, -0.05) is 18.6 Å². The summed E-state index contributed by atoms with van der Waals surface area (Å²) in [6.07, 6.45) is 5.59. The lowest BCUT2D eigenvalue weighted by Gasteiger charge is -2.13. The number of amides is 2. The number of nitrogens with one attached hydrogen (secondary N) is 2. The third kappa shape index (κ3) is 4.62. The molecule has 0 fully saturated rings. The molecule has 2 amide bonds. The molecule has 1 aromatic carbocycles. The predicted octanol–water partition coefficient (Wildman–Crippen LogP) is 2.78. The Balaban J connectivity index is 1.81. The normalized spacial score (nSPS) is 10.8. The van der Waals surface area contributed by atoms with Gasteiger partial charge in [0, 0.05) is 36.1 Å². The van der Waals surface area contributed by atoms with Crippen LogP contribution >= 0.6 is 11.3 Å². The first-order valence-corrected chi connectivity index (χ1v) is 9.74. The van der Waals surface area contributed by atoms with Gasteiger partial charge in [-0.3, -0.25) is 24.9 Å². The van der Waals surface area contributed by atoms with E-state index in [0.29, 0.717) is 23.5 Å². The number of hydrogen-bond acceptors (Lipinski definition) is 6. The van der Waals surface area contributed by atoms with E-state index in [2.05, 4.69) is 10.3 Å². The van der Waals surface area contributed by atoms with Gasteiger partial charge in [0.1, 0.15) is 5.56 Å². The van der Waals surface area contributed by atoms with Crippen molar-refractivity contribution < 1.29 is 14.8 Å². The number of benzene rings is 1. The molecule has 0 saturated carbocycles. The molecule has 0 atom stereocenters. The van der Waals surface area contributed by atoms with Crippen molar-refractivity contribution in [2.24, 2.45) is 0 Å². The predicted molar refractivity (Wildman–Crippen MR) is 107 cm³/mol. The minimum atomic E-state index is -0.487. The van der Waals surface area contributed by atoms with E-state index in [4.69, 9.17) is 5.21 Å². The number of anilines is 1. The summed E-state index contributed by atoms with van der Waals surface area (Å²) < 4.78 is 1.89. The quantitative estimate of drug-likeness (QED) is 0.306. The van der Waals surface area contributed by atoms with Crippen LogP contribution in [0.25, 0.3) is 10.9 Å². The second kappa shape index (κ2) is 9.25. The third-order valence-electron chi connectivity index (χ3n) is 4.31. The molecule has 0 aliphatic rings. The summed E-state index contributed by atoms with van der Waals surface area (Å²) in [6.45, 7) is 0.596. The molecule has 0 aliphatic carbocycles. The largest absolute Gasteiger partial charge is 0.346 e. The number of fused-ring (bicyclic) bond motifs is 1. The molecule has 2 heterocycles. The summed E-state index contributed by atoms with van der Waals surface area (Å²) in [5.74, 6) is -0.894. The number of carbonyl (C=O) groups is 2. The highest BCUT2D eigenvalue weighted by atomic mass is 32.1.